The minimum absolute atomic E-state index is 0.116. The number of carbonyl (C=O) groups excluding carboxylic acids is 1. The van der Waals surface area contributed by atoms with Crippen molar-refractivity contribution in [1.29, 1.82) is 0 Å². The topological polar surface area (TPSA) is 68.0 Å². The SMILES string of the molecule is Cc1cc2cc(C(=O)NCCc3nccc(-c4ccccc4)n3)ccc2o1. The van der Waals surface area contributed by atoms with Crippen LogP contribution in [0, 0.1) is 6.92 Å². The van der Waals surface area contributed by atoms with Gasteiger partial charge in [0.15, 0.2) is 0 Å². The first-order valence-corrected chi connectivity index (χ1v) is 8.85. The zero-order valence-corrected chi connectivity index (χ0v) is 15.0. The molecule has 2 aromatic heterocycles. The molecule has 0 unspecified atom stereocenters. The lowest BCUT2D eigenvalue weighted by molar-refractivity contribution is 0.0954. The van der Waals surface area contributed by atoms with Gasteiger partial charge in [0.05, 0.1) is 5.69 Å². The molecule has 0 saturated carbocycles. The second kappa shape index (κ2) is 7.41. The number of carbonyl (C=O) groups is 1. The summed E-state index contributed by atoms with van der Waals surface area (Å²) in [5, 5.41) is 3.86. The number of furan rings is 1. The highest BCUT2D eigenvalue weighted by Crippen LogP contribution is 2.20. The number of nitrogens with zero attached hydrogens (tertiary/aromatic N) is 2. The number of benzene rings is 2. The van der Waals surface area contributed by atoms with Crippen LogP contribution in [-0.4, -0.2) is 22.4 Å². The summed E-state index contributed by atoms with van der Waals surface area (Å²) < 4.78 is 5.54. The lowest BCUT2D eigenvalue weighted by Gasteiger charge is -2.06. The predicted octanol–water partition coefficient (Wildman–Crippen LogP) is 4.17. The molecule has 0 spiro atoms. The van der Waals surface area contributed by atoms with E-state index in [1.807, 2.05) is 61.5 Å². The minimum Gasteiger partial charge on any atom is -0.461 e. The fraction of sp³-hybridized carbons (Fsp3) is 0.136. The van der Waals surface area contributed by atoms with Crippen LogP contribution in [0.2, 0.25) is 0 Å². The van der Waals surface area contributed by atoms with Crippen molar-refractivity contribution >= 4 is 16.9 Å². The van der Waals surface area contributed by atoms with Gasteiger partial charge in [0, 0.05) is 35.7 Å². The average molecular weight is 357 g/mol. The third-order valence-corrected chi connectivity index (χ3v) is 4.31. The Hall–Kier alpha value is -3.47. The number of hydrogen-bond donors (Lipinski definition) is 1. The fourth-order valence-electron chi connectivity index (χ4n) is 3.00. The molecule has 0 bridgehead atoms. The molecule has 0 fully saturated rings. The first kappa shape index (κ1) is 17.0. The number of nitrogens with one attached hydrogen (secondary N) is 1. The van der Waals surface area contributed by atoms with Gasteiger partial charge in [0.2, 0.25) is 0 Å². The Bertz CT molecular complexity index is 1090. The monoisotopic (exact) mass is 357 g/mol. The highest BCUT2D eigenvalue weighted by atomic mass is 16.3. The lowest BCUT2D eigenvalue weighted by Crippen LogP contribution is -2.26. The molecule has 0 radical (unpaired) electrons. The Balaban J connectivity index is 1.39. The van der Waals surface area contributed by atoms with E-state index in [1.165, 1.54) is 0 Å². The molecule has 2 aromatic carbocycles. The molecule has 0 atom stereocenters. The Morgan fingerprint density at radius 1 is 1.07 bits per heavy atom. The van der Waals surface area contributed by atoms with Gasteiger partial charge in [-0.05, 0) is 37.3 Å². The smallest absolute Gasteiger partial charge is 0.251 e. The summed E-state index contributed by atoms with van der Waals surface area (Å²) in [6, 6.07) is 19.2. The van der Waals surface area contributed by atoms with Crippen molar-refractivity contribution in [3.63, 3.8) is 0 Å². The van der Waals surface area contributed by atoms with E-state index >= 15 is 0 Å². The van der Waals surface area contributed by atoms with E-state index in [1.54, 1.807) is 12.3 Å². The summed E-state index contributed by atoms with van der Waals surface area (Å²) in [7, 11) is 0. The van der Waals surface area contributed by atoms with Crippen LogP contribution in [0.4, 0.5) is 0 Å². The van der Waals surface area contributed by atoms with Gasteiger partial charge in [-0.2, -0.15) is 0 Å². The summed E-state index contributed by atoms with van der Waals surface area (Å²) in [4.78, 5) is 21.3. The number of hydrogen-bond acceptors (Lipinski definition) is 4. The number of aromatic nitrogens is 2. The van der Waals surface area contributed by atoms with Gasteiger partial charge in [-0.25, -0.2) is 9.97 Å². The zero-order valence-electron chi connectivity index (χ0n) is 15.0. The molecule has 5 heteroatoms. The first-order chi connectivity index (χ1) is 13.2. The van der Waals surface area contributed by atoms with Crippen LogP contribution in [0.1, 0.15) is 21.9 Å². The number of amides is 1. The van der Waals surface area contributed by atoms with Crippen molar-refractivity contribution in [3.05, 3.63) is 84.0 Å². The molecule has 2 heterocycles. The minimum atomic E-state index is -0.116. The molecule has 0 aliphatic heterocycles. The van der Waals surface area contributed by atoms with Crippen LogP contribution in [0.25, 0.3) is 22.2 Å². The van der Waals surface area contributed by atoms with Gasteiger partial charge in [0.1, 0.15) is 17.2 Å². The van der Waals surface area contributed by atoms with E-state index in [2.05, 4.69) is 15.3 Å². The molecule has 0 aliphatic carbocycles. The maximum Gasteiger partial charge on any atom is 0.251 e. The molecule has 1 N–H and O–H groups in total. The van der Waals surface area contributed by atoms with Crippen molar-refractivity contribution in [2.45, 2.75) is 13.3 Å². The van der Waals surface area contributed by atoms with Gasteiger partial charge in [-0.3, -0.25) is 4.79 Å². The van der Waals surface area contributed by atoms with Crippen molar-refractivity contribution in [2.75, 3.05) is 6.54 Å². The van der Waals surface area contributed by atoms with E-state index in [0.717, 1.165) is 28.0 Å². The third kappa shape index (κ3) is 3.87. The van der Waals surface area contributed by atoms with Crippen LogP contribution < -0.4 is 5.32 Å². The standard InChI is InChI=1S/C22H19N3O2/c1-15-13-18-14-17(7-8-20(18)27-15)22(26)24-12-10-21-23-11-9-19(25-21)16-5-3-2-4-6-16/h2-9,11,13-14H,10,12H2,1H3,(H,24,26). The van der Waals surface area contributed by atoms with Crippen molar-refractivity contribution in [3.8, 4) is 11.3 Å². The second-order valence-electron chi connectivity index (χ2n) is 6.34. The van der Waals surface area contributed by atoms with Gasteiger partial charge in [-0.1, -0.05) is 30.3 Å². The molecule has 0 saturated heterocycles. The Labute approximate surface area is 157 Å². The van der Waals surface area contributed by atoms with Gasteiger partial charge in [0.25, 0.3) is 5.91 Å². The van der Waals surface area contributed by atoms with E-state index in [0.29, 0.717) is 24.4 Å². The largest absolute Gasteiger partial charge is 0.461 e. The van der Waals surface area contributed by atoms with E-state index in [-0.39, 0.29) is 5.91 Å². The van der Waals surface area contributed by atoms with Crippen LogP contribution in [0.15, 0.2) is 71.3 Å². The van der Waals surface area contributed by atoms with Crippen molar-refractivity contribution in [2.24, 2.45) is 0 Å². The molecule has 0 aliphatic rings. The summed E-state index contributed by atoms with van der Waals surface area (Å²) in [5.41, 5.74) is 3.33. The maximum atomic E-state index is 12.4. The summed E-state index contributed by atoms with van der Waals surface area (Å²) in [6.45, 7) is 2.36. The molecule has 27 heavy (non-hydrogen) atoms. The lowest BCUT2D eigenvalue weighted by atomic mass is 10.1. The zero-order chi connectivity index (χ0) is 18.6. The molecular weight excluding hydrogens is 338 g/mol. The third-order valence-electron chi connectivity index (χ3n) is 4.31. The summed E-state index contributed by atoms with van der Waals surface area (Å²) in [5.74, 6) is 1.42. The van der Waals surface area contributed by atoms with E-state index in [9.17, 15) is 4.79 Å². The molecule has 4 rings (SSSR count). The van der Waals surface area contributed by atoms with Crippen LogP contribution in [0.5, 0.6) is 0 Å². The summed E-state index contributed by atoms with van der Waals surface area (Å²) in [6.07, 6.45) is 2.32. The van der Waals surface area contributed by atoms with Gasteiger partial charge in [-0.15, -0.1) is 0 Å². The highest BCUT2D eigenvalue weighted by Gasteiger charge is 2.09. The normalized spacial score (nSPS) is 10.9. The molecule has 5 nitrogen and oxygen atoms in total. The quantitative estimate of drug-likeness (QED) is 0.582. The second-order valence-corrected chi connectivity index (χ2v) is 6.34. The van der Waals surface area contributed by atoms with Crippen molar-refractivity contribution in [1.82, 2.24) is 15.3 Å². The Morgan fingerprint density at radius 3 is 2.78 bits per heavy atom. The maximum absolute atomic E-state index is 12.4. The van der Waals surface area contributed by atoms with Crippen molar-refractivity contribution < 1.29 is 9.21 Å². The molecule has 4 aromatic rings. The number of aryl methyl sites for hydroxylation is 1. The molecular formula is C22H19N3O2. The van der Waals surface area contributed by atoms with Crippen LogP contribution >= 0.6 is 0 Å². The summed E-state index contributed by atoms with van der Waals surface area (Å²) >= 11 is 0. The Morgan fingerprint density at radius 2 is 1.93 bits per heavy atom. The van der Waals surface area contributed by atoms with Gasteiger partial charge >= 0.3 is 0 Å². The van der Waals surface area contributed by atoms with Crippen LogP contribution in [-0.2, 0) is 6.42 Å². The predicted molar refractivity (Wildman–Crippen MR) is 104 cm³/mol. The van der Waals surface area contributed by atoms with Crippen LogP contribution in [0.3, 0.4) is 0 Å². The number of fused-ring (bicyclic) bond motifs is 1. The fourth-order valence-corrected chi connectivity index (χ4v) is 3.00. The van der Waals surface area contributed by atoms with E-state index in [4.69, 9.17) is 4.42 Å². The molecule has 1 amide bonds. The van der Waals surface area contributed by atoms with Gasteiger partial charge < -0.3 is 9.73 Å². The molecule has 134 valence electrons. The number of rotatable bonds is 5. The Kier molecular flexibility index (Phi) is 4.66. The first-order valence-electron chi connectivity index (χ1n) is 8.85. The highest BCUT2D eigenvalue weighted by molar-refractivity contribution is 5.97. The average Bonchev–Trinajstić information content (AvgIpc) is 3.08. The van der Waals surface area contributed by atoms with E-state index < -0.39 is 0 Å².